The van der Waals surface area contributed by atoms with E-state index in [1.54, 1.807) is 4.90 Å². The van der Waals surface area contributed by atoms with Gasteiger partial charge in [0.1, 0.15) is 11.5 Å². The zero-order valence-electron chi connectivity index (χ0n) is 16.8. The maximum atomic E-state index is 13.2. The van der Waals surface area contributed by atoms with Crippen molar-refractivity contribution in [3.63, 3.8) is 0 Å². The molecule has 1 amide bonds. The van der Waals surface area contributed by atoms with E-state index in [4.69, 9.17) is 4.98 Å². The SMILES string of the molecule is CN(Cc1ccccc1)C(=O)c1cc(N2CCCCC2)nc(-c2ccccc2)n1. The first-order valence-corrected chi connectivity index (χ1v) is 10.2. The van der Waals surface area contributed by atoms with Crippen LogP contribution in [0.1, 0.15) is 35.3 Å². The molecule has 0 spiro atoms. The third-order valence-electron chi connectivity index (χ3n) is 5.25. The molecule has 1 aliphatic heterocycles. The number of amides is 1. The van der Waals surface area contributed by atoms with Gasteiger partial charge in [-0.1, -0.05) is 60.7 Å². The van der Waals surface area contributed by atoms with Crippen molar-refractivity contribution in [1.29, 1.82) is 0 Å². The molecule has 0 bridgehead atoms. The smallest absolute Gasteiger partial charge is 0.272 e. The summed E-state index contributed by atoms with van der Waals surface area (Å²) >= 11 is 0. The molecular formula is C24H26N4O. The van der Waals surface area contributed by atoms with Crippen molar-refractivity contribution in [3.8, 4) is 11.4 Å². The minimum absolute atomic E-state index is 0.0910. The van der Waals surface area contributed by atoms with Gasteiger partial charge in [0.2, 0.25) is 0 Å². The molecule has 2 heterocycles. The number of hydrogen-bond donors (Lipinski definition) is 0. The van der Waals surface area contributed by atoms with Gasteiger partial charge in [0.25, 0.3) is 5.91 Å². The highest BCUT2D eigenvalue weighted by Gasteiger charge is 2.20. The predicted octanol–water partition coefficient (Wildman–Crippen LogP) is 4.41. The first-order valence-electron chi connectivity index (χ1n) is 10.2. The molecule has 0 radical (unpaired) electrons. The van der Waals surface area contributed by atoms with Crippen LogP contribution in [-0.2, 0) is 6.54 Å². The molecular weight excluding hydrogens is 360 g/mol. The second-order valence-corrected chi connectivity index (χ2v) is 7.50. The third kappa shape index (κ3) is 4.62. The van der Waals surface area contributed by atoms with Gasteiger partial charge in [0.15, 0.2) is 5.82 Å². The monoisotopic (exact) mass is 386 g/mol. The molecule has 0 atom stereocenters. The molecule has 5 heteroatoms. The van der Waals surface area contributed by atoms with Crippen molar-refractivity contribution in [2.24, 2.45) is 0 Å². The van der Waals surface area contributed by atoms with Crippen molar-refractivity contribution in [2.75, 3.05) is 25.0 Å². The summed E-state index contributed by atoms with van der Waals surface area (Å²) in [6, 6.07) is 21.7. The fourth-order valence-corrected chi connectivity index (χ4v) is 3.67. The molecule has 148 valence electrons. The van der Waals surface area contributed by atoms with Crippen LogP contribution in [0.4, 0.5) is 5.82 Å². The van der Waals surface area contributed by atoms with Crippen molar-refractivity contribution in [1.82, 2.24) is 14.9 Å². The summed E-state index contributed by atoms with van der Waals surface area (Å²) in [5.74, 6) is 1.35. The first kappa shape index (κ1) is 19.1. The molecule has 29 heavy (non-hydrogen) atoms. The molecule has 1 aromatic heterocycles. The van der Waals surface area contributed by atoms with Crippen LogP contribution in [0.5, 0.6) is 0 Å². The summed E-state index contributed by atoms with van der Waals surface area (Å²) in [4.78, 5) is 26.6. The lowest BCUT2D eigenvalue weighted by molar-refractivity contribution is 0.0779. The molecule has 0 saturated carbocycles. The number of aromatic nitrogens is 2. The maximum Gasteiger partial charge on any atom is 0.272 e. The van der Waals surface area contributed by atoms with Crippen LogP contribution >= 0.6 is 0 Å². The highest BCUT2D eigenvalue weighted by Crippen LogP contribution is 2.23. The molecule has 1 saturated heterocycles. The average Bonchev–Trinajstić information content (AvgIpc) is 2.80. The number of carbonyl (C=O) groups is 1. The van der Waals surface area contributed by atoms with Gasteiger partial charge in [-0.15, -0.1) is 0 Å². The highest BCUT2D eigenvalue weighted by molar-refractivity contribution is 5.93. The summed E-state index contributed by atoms with van der Waals surface area (Å²) in [6.07, 6.45) is 3.56. The Balaban J connectivity index is 1.66. The van der Waals surface area contributed by atoms with Crippen molar-refractivity contribution < 1.29 is 4.79 Å². The first-order chi connectivity index (χ1) is 14.2. The van der Waals surface area contributed by atoms with E-state index in [2.05, 4.69) is 9.88 Å². The quantitative estimate of drug-likeness (QED) is 0.652. The predicted molar refractivity (Wildman–Crippen MR) is 116 cm³/mol. The van der Waals surface area contributed by atoms with Gasteiger partial charge in [0.05, 0.1) is 0 Å². The molecule has 0 unspecified atom stereocenters. The summed E-state index contributed by atoms with van der Waals surface area (Å²) in [5.41, 5.74) is 2.46. The third-order valence-corrected chi connectivity index (χ3v) is 5.25. The molecule has 0 aliphatic carbocycles. The van der Waals surface area contributed by atoms with E-state index in [1.807, 2.05) is 73.8 Å². The fraction of sp³-hybridized carbons (Fsp3) is 0.292. The summed E-state index contributed by atoms with van der Waals surface area (Å²) in [7, 11) is 1.82. The van der Waals surface area contributed by atoms with Gasteiger partial charge >= 0.3 is 0 Å². The Hall–Kier alpha value is -3.21. The Morgan fingerprint density at radius 2 is 1.59 bits per heavy atom. The number of anilines is 1. The van der Waals surface area contributed by atoms with Gasteiger partial charge in [-0.05, 0) is 24.8 Å². The van der Waals surface area contributed by atoms with Crippen LogP contribution in [-0.4, -0.2) is 40.9 Å². The number of benzene rings is 2. The largest absolute Gasteiger partial charge is 0.356 e. The highest BCUT2D eigenvalue weighted by atomic mass is 16.2. The van der Waals surface area contributed by atoms with E-state index >= 15 is 0 Å². The normalized spacial score (nSPS) is 13.9. The van der Waals surface area contributed by atoms with Crippen LogP contribution in [0.3, 0.4) is 0 Å². The topological polar surface area (TPSA) is 49.3 Å². The Kier molecular flexibility index (Phi) is 5.84. The Morgan fingerprint density at radius 3 is 2.28 bits per heavy atom. The second-order valence-electron chi connectivity index (χ2n) is 7.50. The number of carbonyl (C=O) groups excluding carboxylic acids is 1. The van der Waals surface area contributed by atoms with E-state index in [0.717, 1.165) is 42.9 Å². The van der Waals surface area contributed by atoms with Crippen LogP contribution in [0.2, 0.25) is 0 Å². The minimum atomic E-state index is -0.0910. The molecule has 0 N–H and O–H groups in total. The number of piperidine rings is 1. The summed E-state index contributed by atoms with van der Waals surface area (Å²) in [6.45, 7) is 2.49. The molecule has 4 rings (SSSR count). The molecule has 3 aromatic rings. The van der Waals surface area contributed by atoms with Crippen LogP contribution in [0.25, 0.3) is 11.4 Å². The lowest BCUT2D eigenvalue weighted by Gasteiger charge is -2.28. The van der Waals surface area contributed by atoms with Gasteiger partial charge in [-0.2, -0.15) is 0 Å². The molecule has 2 aromatic carbocycles. The fourth-order valence-electron chi connectivity index (χ4n) is 3.67. The van der Waals surface area contributed by atoms with Gasteiger partial charge in [-0.25, -0.2) is 9.97 Å². The molecule has 1 fully saturated rings. The van der Waals surface area contributed by atoms with E-state index < -0.39 is 0 Å². The Bertz CT molecular complexity index is 953. The van der Waals surface area contributed by atoms with Crippen LogP contribution in [0, 0.1) is 0 Å². The van der Waals surface area contributed by atoms with Crippen molar-refractivity contribution in [2.45, 2.75) is 25.8 Å². The molecule has 1 aliphatic rings. The van der Waals surface area contributed by atoms with Crippen molar-refractivity contribution in [3.05, 3.63) is 78.0 Å². The minimum Gasteiger partial charge on any atom is -0.356 e. The van der Waals surface area contributed by atoms with E-state index in [-0.39, 0.29) is 5.91 Å². The average molecular weight is 386 g/mol. The Labute approximate surface area is 172 Å². The standard InChI is InChI=1S/C24H26N4O/c1-27(18-19-11-5-2-6-12-19)24(29)21-17-22(28-15-9-4-10-16-28)26-23(25-21)20-13-7-3-8-14-20/h2-3,5-8,11-14,17H,4,9-10,15-16,18H2,1H3. The van der Waals surface area contributed by atoms with Gasteiger partial charge in [-0.3, -0.25) is 4.79 Å². The summed E-state index contributed by atoms with van der Waals surface area (Å²) < 4.78 is 0. The second kappa shape index (κ2) is 8.86. The molecule has 5 nitrogen and oxygen atoms in total. The van der Waals surface area contributed by atoms with Gasteiger partial charge < -0.3 is 9.80 Å². The maximum absolute atomic E-state index is 13.2. The summed E-state index contributed by atoms with van der Waals surface area (Å²) in [5, 5.41) is 0. The van der Waals surface area contributed by atoms with Crippen LogP contribution < -0.4 is 4.90 Å². The van der Waals surface area contributed by atoms with Crippen molar-refractivity contribution >= 4 is 11.7 Å². The number of rotatable bonds is 5. The lowest BCUT2D eigenvalue weighted by Crippen LogP contribution is -2.32. The van der Waals surface area contributed by atoms with E-state index in [9.17, 15) is 4.79 Å². The number of nitrogens with zero attached hydrogens (tertiary/aromatic N) is 4. The lowest BCUT2D eigenvalue weighted by atomic mass is 10.1. The zero-order valence-corrected chi connectivity index (χ0v) is 16.8. The number of hydrogen-bond acceptors (Lipinski definition) is 4. The zero-order chi connectivity index (χ0) is 20.1. The Morgan fingerprint density at radius 1 is 0.931 bits per heavy atom. The van der Waals surface area contributed by atoms with Gasteiger partial charge in [0, 0.05) is 38.3 Å². The van der Waals surface area contributed by atoms with E-state index in [1.165, 1.54) is 6.42 Å². The van der Waals surface area contributed by atoms with Crippen LogP contribution in [0.15, 0.2) is 66.7 Å². The van der Waals surface area contributed by atoms with E-state index in [0.29, 0.717) is 18.1 Å².